The molecule has 0 saturated carbocycles. The van der Waals surface area contributed by atoms with Gasteiger partial charge in [0.2, 0.25) is 10.0 Å². The Bertz CT molecular complexity index is 685. The highest BCUT2D eigenvalue weighted by Gasteiger charge is 2.18. The summed E-state index contributed by atoms with van der Waals surface area (Å²) < 4.78 is 31.8. The maximum Gasteiger partial charge on any atom is 0.338 e. The van der Waals surface area contributed by atoms with E-state index in [1.165, 1.54) is 24.3 Å². The van der Waals surface area contributed by atoms with Gasteiger partial charge in [-0.25, -0.2) is 17.9 Å². The Balaban J connectivity index is 2.67. The van der Waals surface area contributed by atoms with Crippen LogP contribution < -0.4 is 10.0 Å². The minimum absolute atomic E-state index is 0.00806. The molecule has 0 unspecified atom stereocenters. The molecular weight excluding hydrogens is 344 g/mol. The fraction of sp³-hybridized carbons (Fsp3) is 0.529. The van der Waals surface area contributed by atoms with Crippen molar-refractivity contribution >= 4 is 21.9 Å². The van der Waals surface area contributed by atoms with Crippen LogP contribution in [0.5, 0.6) is 0 Å². The number of esters is 1. The van der Waals surface area contributed by atoms with Crippen LogP contribution in [-0.2, 0) is 19.6 Å². The maximum atomic E-state index is 12.1. The Morgan fingerprint density at radius 1 is 1.04 bits per heavy atom. The Morgan fingerprint density at radius 2 is 1.60 bits per heavy atom. The van der Waals surface area contributed by atoms with Gasteiger partial charge >= 0.3 is 5.97 Å². The zero-order valence-corrected chi connectivity index (χ0v) is 15.9. The van der Waals surface area contributed by atoms with E-state index in [-0.39, 0.29) is 35.1 Å². The average molecular weight is 370 g/mol. The van der Waals surface area contributed by atoms with Gasteiger partial charge in [-0.3, -0.25) is 4.79 Å². The molecule has 0 fully saturated rings. The van der Waals surface area contributed by atoms with Crippen molar-refractivity contribution in [2.45, 2.75) is 57.5 Å². The van der Waals surface area contributed by atoms with Crippen molar-refractivity contribution in [1.82, 2.24) is 10.0 Å². The van der Waals surface area contributed by atoms with Gasteiger partial charge in [-0.1, -0.05) is 13.8 Å². The number of carbonyl (C=O) groups excluding carboxylic acids is 2. The third-order valence-corrected chi connectivity index (χ3v) is 5.33. The predicted octanol–water partition coefficient (Wildman–Crippen LogP) is 1.83. The number of benzene rings is 1. The first-order valence-corrected chi connectivity index (χ1v) is 9.76. The molecule has 0 aliphatic heterocycles. The number of rotatable bonds is 9. The quantitative estimate of drug-likeness (QED) is 0.646. The smallest absolute Gasteiger partial charge is 0.338 e. The van der Waals surface area contributed by atoms with Crippen LogP contribution in [-0.4, -0.2) is 39.0 Å². The summed E-state index contributed by atoms with van der Waals surface area (Å²) in [5, 5.41) is 2.69. The molecule has 140 valence electrons. The van der Waals surface area contributed by atoms with Crippen LogP contribution in [0.25, 0.3) is 0 Å². The largest absolute Gasteiger partial charge is 0.452 e. The van der Waals surface area contributed by atoms with Crippen LogP contribution >= 0.6 is 0 Å². The molecule has 7 nitrogen and oxygen atoms in total. The fourth-order valence-electron chi connectivity index (χ4n) is 1.82. The molecule has 0 aliphatic carbocycles. The number of sulfonamides is 1. The van der Waals surface area contributed by atoms with E-state index >= 15 is 0 Å². The summed E-state index contributed by atoms with van der Waals surface area (Å²) in [6.45, 7) is 7.06. The van der Waals surface area contributed by atoms with Crippen LogP contribution in [0.4, 0.5) is 0 Å². The zero-order valence-electron chi connectivity index (χ0n) is 15.0. The van der Waals surface area contributed by atoms with E-state index in [1.807, 2.05) is 20.8 Å². The summed E-state index contributed by atoms with van der Waals surface area (Å²) in [6.07, 6.45) is 1.45. The van der Waals surface area contributed by atoms with Gasteiger partial charge in [0.1, 0.15) is 0 Å². The van der Waals surface area contributed by atoms with E-state index in [0.717, 1.165) is 6.42 Å². The van der Waals surface area contributed by atoms with Gasteiger partial charge in [-0.2, -0.15) is 0 Å². The summed E-state index contributed by atoms with van der Waals surface area (Å²) in [5.74, 6) is -1.06. The van der Waals surface area contributed by atoms with Crippen molar-refractivity contribution < 1.29 is 22.7 Å². The molecule has 1 rings (SSSR count). The SMILES string of the molecule is CC[C@H](C)NC(=O)COC(=O)c1ccc(S(=O)(=O)N[C@@H](C)CC)cc1. The van der Waals surface area contributed by atoms with Crippen LogP contribution in [0.3, 0.4) is 0 Å². The van der Waals surface area contributed by atoms with Crippen molar-refractivity contribution in [3.8, 4) is 0 Å². The van der Waals surface area contributed by atoms with Crippen LogP contribution in [0.1, 0.15) is 50.9 Å². The molecule has 2 atom stereocenters. The van der Waals surface area contributed by atoms with Gasteiger partial charge in [-0.05, 0) is 51.0 Å². The first kappa shape index (κ1) is 21.1. The first-order valence-electron chi connectivity index (χ1n) is 8.28. The summed E-state index contributed by atoms with van der Waals surface area (Å²) in [6, 6.07) is 5.22. The molecule has 2 N–H and O–H groups in total. The lowest BCUT2D eigenvalue weighted by molar-refractivity contribution is -0.124. The number of hydrogen-bond donors (Lipinski definition) is 2. The first-order chi connectivity index (χ1) is 11.7. The lowest BCUT2D eigenvalue weighted by Crippen LogP contribution is -2.35. The van der Waals surface area contributed by atoms with E-state index in [4.69, 9.17) is 4.74 Å². The molecule has 1 aromatic carbocycles. The molecule has 0 spiro atoms. The van der Waals surface area contributed by atoms with Gasteiger partial charge in [-0.15, -0.1) is 0 Å². The Morgan fingerprint density at radius 3 is 2.12 bits per heavy atom. The molecule has 1 aromatic rings. The van der Waals surface area contributed by atoms with Crippen molar-refractivity contribution in [1.29, 1.82) is 0 Å². The van der Waals surface area contributed by atoms with E-state index in [0.29, 0.717) is 6.42 Å². The van der Waals surface area contributed by atoms with Gasteiger partial charge in [0.15, 0.2) is 6.61 Å². The highest BCUT2D eigenvalue weighted by molar-refractivity contribution is 7.89. The van der Waals surface area contributed by atoms with Crippen LogP contribution in [0.2, 0.25) is 0 Å². The lowest BCUT2D eigenvalue weighted by atomic mass is 10.2. The van der Waals surface area contributed by atoms with E-state index in [2.05, 4.69) is 10.0 Å². The second-order valence-corrected chi connectivity index (χ2v) is 7.62. The predicted molar refractivity (Wildman–Crippen MR) is 94.7 cm³/mol. The maximum absolute atomic E-state index is 12.1. The van der Waals surface area contributed by atoms with Gasteiger partial charge in [0.25, 0.3) is 5.91 Å². The second kappa shape index (κ2) is 9.53. The summed E-state index contributed by atoms with van der Waals surface area (Å²) in [4.78, 5) is 23.6. The summed E-state index contributed by atoms with van der Waals surface area (Å²) in [7, 11) is -3.62. The number of amides is 1. The highest BCUT2D eigenvalue weighted by Crippen LogP contribution is 2.12. The zero-order chi connectivity index (χ0) is 19.0. The molecule has 1 amide bonds. The standard InChI is InChI=1S/C17H26N2O5S/c1-5-12(3)18-16(20)11-24-17(21)14-7-9-15(10-8-14)25(22,23)19-13(4)6-2/h7-10,12-13,19H,5-6,11H2,1-4H3,(H,18,20)/t12-,13-/m0/s1. The normalized spacial score (nSPS) is 13.8. The number of nitrogens with one attached hydrogen (secondary N) is 2. The third-order valence-electron chi connectivity index (χ3n) is 3.72. The number of hydrogen-bond acceptors (Lipinski definition) is 5. The van der Waals surface area contributed by atoms with Crippen molar-refractivity contribution in [2.24, 2.45) is 0 Å². The van der Waals surface area contributed by atoms with E-state index in [1.54, 1.807) is 6.92 Å². The van der Waals surface area contributed by atoms with Crippen molar-refractivity contribution in [3.63, 3.8) is 0 Å². The van der Waals surface area contributed by atoms with Crippen LogP contribution in [0.15, 0.2) is 29.2 Å². The highest BCUT2D eigenvalue weighted by atomic mass is 32.2. The fourth-order valence-corrected chi connectivity index (χ4v) is 3.15. The average Bonchev–Trinajstić information content (AvgIpc) is 2.59. The summed E-state index contributed by atoms with van der Waals surface area (Å²) >= 11 is 0. The summed E-state index contributed by atoms with van der Waals surface area (Å²) in [5.41, 5.74) is 0.179. The van der Waals surface area contributed by atoms with Gasteiger partial charge in [0.05, 0.1) is 10.5 Å². The molecular formula is C17H26N2O5S. The number of carbonyl (C=O) groups is 2. The van der Waals surface area contributed by atoms with Gasteiger partial charge in [0, 0.05) is 12.1 Å². The Kier molecular flexibility index (Phi) is 8.05. The van der Waals surface area contributed by atoms with Crippen molar-refractivity contribution in [2.75, 3.05) is 6.61 Å². The lowest BCUT2D eigenvalue weighted by Gasteiger charge is -2.13. The minimum Gasteiger partial charge on any atom is -0.452 e. The molecule has 0 saturated heterocycles. The molecule has 0 bridgehead atoms. The van der Waals surface area contributed by atoms with E-state index < -0.39 is 16.0 Å². The minimum atomic E-state index is -3.62. The molecule has 0 heterocycles. The Hall–Kier alpha value is -1.93. The second-order valence-electron chi connectivity index (χ2n) is 5.91. The number of ether oxygens (including phenoxy) is 1. The molecule has 0 radical (unpaired) electrons. The van der Waals surface area contributed by atoms with Crippen molar-refractivity contribution in [3.05, 3.63) is 29.8 Å². The molecule has 0 aliphatic rings. The Labute approximate surface area is 149 Å². The van der Waals surface area contributed by atoms with E-state index in [9.17, 15) is 18.0 Å². The monoisotopic (exact) mass is 370 g/mol. The van der Waals surface area contributed by atoms with Gasteiger partial charge < -0.3 is 10.1 Å². The third kappa shape index (κ3) is 6.83. The topological polar surface area (TPSA) is 102 Å². The molecule has 8 heteroatoms. The molecule has 0 aromatic heterocycles. The molecule has 25 heavy (non-hydrogen) atoms. The van der Waals surface area contributed by atoms with Crippen LogP contribution in [0, 0.1) is 0 Å².